The lowest BCUT2D eigenvalue weighted by Crippen LogP contribution is -2.42. The summed E-state index contributed by atoms with van der Waals surface area (Å²) in [4.78, 5) is 13.9. The van der Waals surface area contributed by atoms with Gasteiger partial charge in [0.05, 0.1) is 19.3 Å². The van der Waals surface area contributed by atoms with Gasteiger partial charge in [-0.3, -0.25) is 4.79 Å². The van der Waals surface area contributed by atoms with Crippen LogP contribution in [0.5, 0.6) is 0 Å². The fourth-order valence-electron chi connectivity index (χ4n) is 2.12. The number of carbonyl (C=O) groups is 1. The predicted octanol–water partition coefficient (Wildman–Crippen LogP) is 1.14. The maximum atomic E-state index is 12.4. The molecule has 0 radical (unpaired) electrons. The molecule has 1 N–H and O–H groups in total. The normalized spacial score (nSPS) is 20.1. The number of aliphatic hydroxyl groups excluding tert-OH is 1. The Labute approximate surface area is 107 Å². The van der Waals surface area contributed by atoms with Gasteiger partial charge in [0.15, 0.2) is 6.10 Å². The fraction of sp³-hybridized carbons (Fsp3) is 0.500. The minimum absolute atomic E-state index is 0.0450. The third-order valence-electron chi connectivity index (χ3n) is 3.49. The van der Waals surface area contributed by atoms with Crippen LogP contribution in [0.4, 0.5) is 0 Å². The summed E-state index contributed by atoms with van der Waals surface area (Å²) in [5, 5.41) is 9.11. The summed E-state index contributed by atoms with van der Waals surface area (Å²) < 4.78 is 5.61. The van der Waals surface area contributed by atoms with Gasteiger partial charge in [-0.05, 0) is 24.5 Å². The minimum Gasteiger partial charge on any atom is -0.394 e. The highest BCUT2D eigenvalue weighted by atomic mass is 16.5. The zero-order valence-electron chi connectivity index (χ0n) is 10.8. The molecule has 0 bridgehead atoms. The van der Waals surface area contributed by atoms with Crippen LogP contribution in [0.3, 0.4) is 0 Å². The summed E-state index contributed by atoms with van der Waals surface area (Å²) in [6.45, 7) is 2.33. The summed E-state index contributed by atoms with van der Waals surface area (Å²) in [7, 11) is 1.70. The van der Waals surface area contributed by atoms with E-state index in [-0.39, 0.29) is 18.6 Å². The van der Waals surface area contributed by atoms with Crippen LogP contribution in [0.15, 0.2) is 24.3 Å². The van der Waals surface area contributed by atoms with E-state index in [2.05, 4.69) is 0 Å². The van der Waals surface area contributed by atoms with Crippen molar-refractivity contribution in [3.63, 3.8) is 0 Å². The van der Waals surface area contributed by atoms with Gasteiger partial charge >= 0.3 is 0 Å². The lowest BCUT2D eigenvalue weighted by atomic mass is 9.96. The van der Waals surface area contributed by atoms with Crippen LogP contribution >= 0.6 is 0 Å². The second-order valence-electron chi connectivity index (χ2n) is 4.68. The van der Waals surface area contributed by atoms with Crippen molar-refractivity contribution in [2.75, 3.05) is 20.3 Å². The van der Waals surface area contributed by atoms with E-state index in [0.717, 1.165) is 12.0 Å². The van der Waals surface area contributed by atoms with E-state index in [0.29, 0.717) is 6.61 Å². The summed E-state index contributed by atoms with van der Waals surface area (Å²) in [6, 6.07) is 7.67. The standard InChI is InChI=1S/C14H19NO3/c1-10(9-16)15(2)14(17)13-12-6-4-3-5-11(12)7-8-18-13/h3-6,10,13,16H,7-9H2,1-2H3/t10-,13+/m0/s1. The lowest BCUT2D eigenvalue weighted by molar-refractivity contribution is -0.146. The molecule has 1 aliphatic heterocycles. The van der Waals surface area contributed by atoms with Crippen LogP contribution in [-0.4, -0.2) is 42.2 Å². The molecule has 0 unspecified atom stereocenters. The van der Waals surface area contributed by atoms with Gasteiger partial charge < -0.3 is 14.7 Å². The van der Waals surface area contributed by atoms with Crippen molar-refractivity contribution in [1.82, 2.24) is 4.90 Å². The van der Waals surface area contributed by atoms with E-state index in [1.165, 1.54) is 5.56 Å². The van der Waals surface area contributed by atoms with Gasteiger partial charge in [0.2, 0.25) is 0 Å². The average Bonchev–Trinajstić information content (AvgIpc) is 2.44. The monoisotopic (exact) mass is 249 g/mol. The maximum absolute atomic E-state index is 12.4. The highest BCUT2D eigenvalue weighted by Gasteiger charge is 2.30. The molecular weight excluding hydrogens is 230 g/mol. The third kappa shape index (κ3) is 2.40. The van der Waals surface area contributed by atoms with Crippen molar-refractivity contribution < 1.29 is 14.6 Å². The summed E-state index contributed by atoms with van der Waals surface area (Å²) in [5.41, 5.74) is 2.12. The molecule has 1 heterocycles. The highest BCUT2D eigenvalue weighted by Crippen LogP contribution is 2.28. The SMILES string of the molecule is C[C@@H](CO)N(C)C(=O)[C@@H]1OCCc2ccccc21. The van der Waals surface area contributed by atoms with Gasteiger partial charge in [-0.15, -0.1) is 0 Å². The highest BCUT2D eigenvalue weighted by molar-refractivity contribution is 5.83. The van der Waals surface area contributed by atoms with E-state index in [9.17, 15) is 4.79 Å². The number of hydrogen-bond acceptors (Lipinski definition) is 3. The van der Waals surface area contributed by atoms with E-state index in [1.807, 2.05) is 31.2 Å². The Morgan fingerprint density at radius 1 is 1.56 bits per heavy atom. The van der Waals surface area contributed by atoms with Crippen molar-refractivity contribution in [3.8, 4) is 0 Å². The zero-order chi connectivity index (χ0) is 13.1. The Kier molecular flexibility index (Phi) is 3.99. The summed E-state index contributed by atoms with van der Waals surface area (Å²) in [6.07, 6.45) is 0.313. The van der Waals surface area contributed by atoms with Gasteiger partial charge in [-0.1, -0.05) is 24.3 Å². The third-order valence-corrected chi connectivity index (χ3v) is 3.49. The zero-order valence-corrected chi connectivity index (χ0v) is 10.8. The maximum Gasteiger partial charge on any atom is 0.256 e. The minimum atomic E-state index is -0.533. The molecular formula is C14H19NO3. The van der Waals surface area contributed by atoms with Gasteiger partial charge in [0.25, 0.3) is 5.91 Å². The molecule has 0 aliphatic carbocycles. The largest absolute Gasteiger partial charge is 0.394 e. The lowest BCUT2D eigenvalue weighted by Gasteiger charge is -2.31. The van der Waals surface area contributed by atoms with Crippen LogP contribution in [0.1, 0.15) is 24.2 Å². The topological polar surface area (TPSA) is 49.8 Å². The predicted molar refractivity (Wildman–Crippen MR) is 68.2 cm³/mol. The molecule has 2 rings (SSSR count). The van der Waals surface area contributed by atoms with E-state index in [4.69, 9.17) is 9.84 Å². The average molecular weight is 249 g/mol. The van der Waals surface area contributed by atoms with Crippen molar-refractivity contribution in [2.24, 2.45) is 0 Å². The van der Waals surface area contributed by atoms with Crippen molar-refractivity contribution in [1.29, 1.82) is 0 Å². The number of likely N-dealkylation sites (N-methyl/N-ethyl adjacent to an activating group) is 1. The van der Waals surface area contributed by atoms with Gasteiger partial charge in [0.1, 0.15) is 0 Å². The van der Waals surface area contributed by atoms with Gasteiger partial charge in [-0.25, -0.2) is 0 Å². The summed E-state index contributed by atoms with van der Waals surface area (Å²) >= 11 is 0. The number of aliphatic hydroxyl groups is 1. The molecule has 1 aromatic carbocycles. The van der Waals surface area contributed by atoms with Gasteiger partial charge in [-0.2, -0.15) is 0 Å². The van der Waals surface area contributed by atoms with Crippen LogP contribution < -0.4 is 0 Å². The second kappa shape index (κ2) is 5.50. The molecule has 0 saturated carbocycles. The molecule has 0 saturated heterocycles. The molecule has 18 heavy (non-hydrogen) atoms. The van der Waals surface area contributed by atoms with E-state index in [1.54, 1.807) is 11.9 Å². The van der Waals surface area contributed by atoms with Crippen LogP contribution in [-0.2, 0) is 16.0 Å². The first kappa shape index (κ1) is 13.1. The first-order valence-corrected chi connectivity index (χ1v) is 6.22. The smallest absolute Gasteiger partial charge is 0.256 e. The molecule has 0 fully saturated rings. The molecule has 4 nitrogen and oxygen atoms in total. The Bertz CT molecular complexity index is 433. The molecule has 0 aromatic heterocycles. The number of carbonyl (C=O) groups excluding carboxylic acids is 1. The number of ether oxygens (including phenoxy) is 1. The molecule has 1 aliphatic rings. The van der Waals surface area contributed by atoms with Crippen LogP contribution in [0, 0.1) is 0 Å². The van der Waals surface area contributed by atoms with E-state index >= 15 is 0 Å². The number of benzene rings is 1. The second-order valence-corrected chi connectivity index (χ2v) is 4.68. The van der Waals surface area contributed by atoms with E-state index < -0.39 is 6.10 Å². The fourth-order valence-corrected chi connectivity index (χ4v) is 2.12. The molecule has 2 atom stereocenters. The van der Waals surface area contributed by atoms with Crippen LogP contribution in [0.2, 0.25) is 0 Å². The van der Waals surface area contributed by atoms with Crippen molar-refractivity contribution >= 4 is 5.91 Å². The van der Waals surface area contributed by atoms with Crippen LogP contribution in [0.25, 0.3) is 0 Å². The Morgan fingerprint density at radius 2 is 2.28 bits per heavy atom. The quantitative estimate of drug-likeness (QED) is 0.874. The molecule has 98 valence electrons. The van der Waals surface area contributed by atoms with Crippen molar-refractivity contribution in [2.45, 2.75) is 25.5 Å². The number of nitrogens with zero attached hydrogens (tertiary/aromatic N) is 1. The first-order chi connectivity index (χ1) is 8.65. The van der Waals surface area contributed by atoms with Gasteiger partial charge in [0, 0.05) is 7.05 Å². The molecule has 0 spiro atoms. The Balaban J connectivity index is 2.22. The van der Waals surface area contributed by atoms with Crippen molar-refractivity contribution in [3.05, 3.63) is 35.4 Å². The molecule has 1 aromatic rings. The molecule has 4 heteroatoms. The number of amides is 1. The summed E-state index contributed by atoms with van der Waals surface area (Å²) in [5.74, 6) is -0.0938. The first-order valence-electron chi connectivity index (χ1n) is 6.22. The Morgan fingerprint density at radius 3 is 3.00 bits per heavy atom. The number of fused-ring (bicyclic) bond motifs is 1. The molecule has 1 amide bonds. The number of rotatable bonds is 3. The Hall–Kier alpha value is -1.39. The number of hydrogen-bond donors (Lipinski definition) is 1.